The summed E-state index contributed by atoms with van der Waals surface area (Å²) < 4.78 is 19.2. The van der Waals surface area contributed by atoms with Crippen molar-refractivity contribution in [1.29, 1.82) is 0 Å². The van der Waals surface area contributed by atoms with Crippen LogP contribution in [-0.4, -0.2) is 26.3 Å². The average molecular weight is 274 g/mol. The first kappa shape index (κ1) is 15.4. The summed E-state index contributed by atoms with van der Waals surface area (Å²) >= 11 is 5.90. The summed E-state index contributed by atoms with van der Waals surface area (Å²) in [5, 5.41) is 3.76. The van der Waals surface area contributed by atoms with Crippen molar-refractivity contribution < 1.29 is 9.13 Å². The van der Waals surface area contributed by atoms with Crippen molar-refractivity contribution in [3.63, 3.8) is 0 Å². The van der Waals surface area contributed by atoms with Crippen molar-refractivity contribution in [3.05, 3.63) is 34.6 Å². The Balaban J connectivity index is 2.81. The number of halogens is 2. The van der Waals surface area contributed by atoms with Gasteiger partial charge in [0.25, 0.3) is 0 Å². The highest BCUT2D eigenvalue weighted by Crippen LogP contribution is 2.19. The lowest BCUT2D eigenvalue weighted by molar-refractivity contribution is 0.0631. The largest absolute Gasteiger partial charge is 0.380 e. The molecule has 1 aromatic carbocycles. The molecule has 1 rings (SSSR count). The Labute approximate surface area is 113 Å². The minimum atomic E-state index is -0.217. The zero-order valence-electron chi connectivity index (χ0n) is 11.2. The summed E-state index contributed by atoms with van der Waals surface area (Å²) in [5.41, 5.74) is 0.625. The van der Waals surface area contributed by atoms with E-state index in [1.54, 1.807) is 19.2 Å². The van der Waals surface area contributed by atoms with Crippen molar-refractivity contribution in [2.24, 2.45) is 0 Å². The third-order valence-electron chi connectivity index (χ3n) is 3.14. The molecule has 0 fully saturated rings. The molecule has 0 radical (unpaired) electrons. The average Bonchev–Trinajstić information content (AvgIpc) is 2.37. The maximum absolute atomic E-state index is 13.7. The quantitative estimate of drug-likeness (QED) is 0.822. The molecule has 0 aliphatic heterocycles. The van der Waals surface area contributed by atoms with Crippen LogP contribution in [0.5, 0.6) is 0 Å². The molecule has 2 unspecified atom stereocenters. The molecule has 18 heavy (non-hydrogen) atoms. The van der Waals surface area contributed by atoms with E-state index in [1.165, 1.54) is 6.07 Å². The Morgan fingerprint density at radius 1 is 1.44 bits per heavy atom. The van der Waals surface area contributed by atoms with Gasteiger partial charge in [-0.2, -0.15) is 0 Å². The van der Waals surface area contributed by atoms with Gasteiger partial charge in [0.15, 0.2) is 0 Å². The van der Waals surface area contributed by atoms with E-state index >= 15 is 0 Å². The second-order valence-corrected chi connectivity index (χ2v) is 4.83. The fraction of sp³-hybridized carbons (Fsp3) is 0.571. The first-order valence-electron chi connectivity index (χ1n) is 6.26. The third kappa shape index (κ3) is 4.23. The van der Waals surface area contributed by atoms with E-state index in [0.29, 0.717) is 17.0 Å². The molecular formula is C14H21ClFNO. The number of hydrogen-bond donors (Lipinski definition) is 1. The Morgan fingerprint density at radius 3 is 2.72 bits per heavy atom. The monoisotopic (exact) mass is 273 g/mol. The van der Waals surface area contributed by atoms with Gasteiger partial charge in [-0.25, -0.2) is 4.39 Å². The van der Waals surface area contributed by atoms with Crippen LogP contribution in [0.3, 0.4) is 0 Å². The second kappa shape index (κ2) is 7.72. The van der Waals surface area contributed by atoms with Gasteiger partial charge in [-0.1, -0.05) is 24.9 Å². The lowest BCUT2D eigenvalue weighted by Crippen LogP contribution is -2.40. The molecule has 0 heterocycles. The Bertz CT molecular complexity index is 373. The fourth-order valence-corrected chi connectivity index (χ4v) is 2.32. The molecule has 0 aliphatic rings. The molecule has 102 valence electrons. The molecule has 0 spiro atoms. The van der Waals surface area contributed by atoms with Crippen molar-refractivity contribution in [2.45, 2.75) is 38.3 Å². The topological polar surface area (TPSA) is 21.3 Å². The molecular weight excluding hydrogens is 253 g/mol. The van der Waals surface area contributed by atoms with E-state index in [9.17, 15) is 4.39 Å². The van der Waals surface area contributed by atoms with Gasteiger partial charge in [-0.3, -0.25) is 0 Å². The van der Waals surface area contributed by atoms with Gasteiger partial charge in [-0.05, 0) is 43.7 Å². The smallest absolute Gasteiger partial charge is 0.126 e. The summed E-state index contributed by atoms with van der Waals surface area (Å²) in [6.07, 6.45) is 2.64. The second-order valence-electron chi connectivity index (χ2n) is 4.40. The zero-order valence-corrected chi connectivity index (χ0v) is 11.9. The minimum Gasteiger partial charge on any atom is -0.380 e. The molecule has 4 heteroatoms. The molecule has 0 saturated carbocycles. The van der Waals surface area contributed by atoms with Crippen molar-refractivity contribution in [2.75, 3.05) is 14.2 Å². The normalized spacial score (nSPS) is 14.5. The maximum atomic E-state index is 13.7. The minimum absolute atomic E-state index is 0.0818. The van der Waals surface area contributed by atoms with Crippen LogP contribution in [-0.2, 0) is 11.2 Å². The van der Waals surface area contributed by atoms with Crippen LogP contribution in [0.4, 0.5) is 4.39 Å². The predicted octanol–water partition coefficient (Wildman–Crippen LogP) is 3.42. The number of hydrogen-bond acceptors (Lipinski definition) is 2. The SMILES string of the molecule is CCCC(OC)C(Cc1cc(Cl)ccc1F)NC. The standard InChI is InChI=1S/C14H21ClFNO/c1-4-5-14(18-3)13(17-2)9-10-8-11(15)6-7-12(10)16/h6-8,13-14,17H,4-5,9H2,1-3H3. The Hall–Kier alpha value is -0.640. The number of ether oxygens (including phenoxy) is 1. The van der Waals surface area contributed by atoms with Gasteiger partial charge in [0.1, 0.15) is 5.82 Å². The number of rotatable bonds is 7. The van der Waals surface area contributed by atoms with Gasteiger partial charge in [0.2, 0.25) is 0 Å². The summed E-state index contributed by atoms with van der Waals surface area (Å²) in [6.45, 7) is 2.11. The zero-order chi connectivity index (χ0) is 13.5. The van der Waals surface area contributed by atoms with Crippen LogP contribution in [0.25, 0.3) is 0 Å². The third-order valence-corrected chi connectivity index (χ3v) is 3.38. The van der Waals surface area contributed by atoms with Gasteiger partial charge >= 0.3 is 0 Å². The van der Waals surface area contributed by atoms with E-state index in [-0.39, 0.29) is 18.0 Å². The summed E-state index contributed by atoms with van der Waals surface area (Å²) in [4.78, 5) is 0. The molecule has 1 aromatic rings. The summed E-state index contributed by atoms with van der Waals surface area (Å²) in [5.74, 6) is -0.217. The predicted molar refractivity (Wildman–Crippen MR) is 73.7 cm³/mol. The molecule has 0 saturated heterocycles. The summed E-state index contributed by atoms with van der Waals surface area (Å²) in [6, 6.07) is 4.74. The highest BCUT2D eigenvalue weighted by molar-refractivity contribution is 6.30. The number of nitrogens with one attached hydrogen (secondary N) is 1. The first-order chi connectivity index (χ1) is 8.62. The summed E-state index contributed by atoms with van der Waals surface area (Å²) in [7, 11) is 3.56. The van der Waals surface area contributed by atoms with Gasteiger partial charge in [-0.15, -0.1) is 0 Å². The van der Waals surface area contributed by atoms with Crippen LogP contribution in [0.15, 0.2) is 18.2 Å². The highest BCUT2D eigenvalue weighted by Gasteiger charge is 2.20. The fourth-order valence-electron chi connectivity index (χ4n) is 2.12. The Morgan fingerprint density at radius 2 is 2.17 bits per heavy atom. The van der Waals surface area contributed by atoms with Crippen LogP contribution in [0, 0.1) is 5.82 Å². The number of benzene rings is 1. The Kier molecular flexibility index (Phi) is 6.61. The van der Waals surface area contributed by atoms with E-state index in [1.807, 2.05) is 7.05 Å². The highest BCUT2D eigenvalue weighted by atomic mass is 35.5. The molecule has 0 aliphatic carbocycles. The van der Waals surface area contributed by atoms with Crippen LogP contribution >= 0.6 is 11.6 Å². The molecule has 0 amide bonds. The lowest BCUT2D eigenvalue weighted by atomic mass is 9.98. The van der Waals surface area contributed by atoms with E-state index in [0.717, 1.165) is 12.8 Å². The molecule has 2 atom stereocenters. The van der Waals surface area contributed by atoms with E-state index in [4.69, 9.17) is 16.3 Å². The maximum Gasteiger partial charge on any atom is 0.126 e. The van der Waals surface area contributed by atoms with E-state index < -0.39 is 0 Å². The van der Waals surface area contributed by atoms with Crippen molar-refractivity contribution in [1.82, 2.24) is 5.32 Å². The molecule has 0 aromatic heterocycles. The van der Waals surface area contributed by atoms with Gasteiger partial charge in [0, 0.05) is 18.2 Å². The van der Waals surface area contributed by atoms with E-state index in [2.05, 4.69) is 12.2 Å². The molecule has 2 nitrogen and oxygen atoms in total. The van der Waals surface area contributed by atoms with Crippen LogP contribution in [0.2, 0.25) is 5.02 Å². The number of likely N-dealkylation sites (N-methyl/N-ethyl adjacent to an activating group) is 1. The van der Waals surface area contributed by atoms with Gasteiger partial charge < -0.3 is 10.1 Å². The molecule has 0 bridgehead atoms. The number of methoxy groups -OCH3 is 1. The van der Waals surface area contributed by atoms with Gasteiger partial charge in [0.05, 0.1) is 6.10 Å². The first-order valence-corrected chi connectivity index (χ1v) is 6.64. The van der Waals surface area contributed by atoms with Crippen molar-refractivity contribution in [3.8, 4) is 0 Å². The lowest BCUT2D eigenvalue weighted by Gasteiger charge is -2.25. The van der Waals surface area contributed by atoms with Crippen molar-refractivity contribution >= 4 is 11.6 Å². The molecule has 1 N–H and O–H groups in total. The van der Waals surface area contributed by atoms with Crippen LogP contribution in [0.1, 0.15) is 25.3 Å². The van der Waals surface area contributed by atoms with Crippen LogP contribution < -0.4 is 5.32 Å².